The number of ether oxygens (including phenoxy) is 2. The first-order valence-electron chi connectivity index (χ1n) is 4.66. The number of carbonyl (C=O) groups is 1. The van der Waals surface area contributed by atoms with E-state index in [0.717, 1.165) is 11.3 Å². The molecule has 0 amide bonds. The number of benzene rings is 1. The van der Waals surface area contributed by atoms with Crippen molar-refractivity contribution >= 4 is 39.0 Å². The number of methoxy groups -OCH3 is 1. The third-order valence-electron chi connectivity index (χ3n) is 2.14. The van der Waals surface area contributed by atoms with E-state index in [1.54, 1.807) is 5.38 Å². The minimum atomic E-state index is -0.504. The highest BCUT2D eigenvalue weighted by Crippen LogP contribution is 2.42. The van der Waals surface area contributed by atoms with E-state index in [9.17, 15) is 9.18 Å². The second kappa shape index (κ2) is 4.50. The molecular formula is C11H8ClFO3S. The van der Waals surface area contributed by atoms with Crippen LogP contribution < -0.4 is 9.47 Å². The van der Waals surface area contributed by atoms with E-state index in [4.69, 9.17) is 21.1 Å². The van der Waals surface area contributed by atoms with Crippen molar-refractivity contribution in [1.29, 1.82) is 0 Å². The molecule has 1 heterocycles. The van der Waals surface area contributed by atoms with Crippen LogP contribution in [0.5, 0.6) is 11.5 Å². The predicted molar refractivity (Wildman–Crippen MR) is 64.7 cm³/mol. The molecule has 6 heteroatoms. The molecule has 0 N–H and O–H groups in total. The lowest BCUT2D eigenvalue weighted by Crippen LogP contribution is -2.00. The average Bonchev–Trinajstić information content (AvgIpc) is 2.67. The number of thiophene rings is 1. The molecule has 2 rings (SSSR count). The molecule has 0 aliphatic rings. The maximum Gasteiger partial charge on any atom is 0.308 e. The van der Waals surface area contributed by atoms with Crippen molar-refractivity contribution in [3.63, 3.8) is 0 Å². The van der Waals surface area contributed by atoms with Crippen molar-refractivity contribution in [3.05, 3.63) is 22.3 Å². The molecule has 2 aromatic rings. The lowest BCUT2D eigenvalue weighted by Gasteiger charge is -2.05. The summed E-state index contributed by atoms with van der Waals surface area (Å²) in [5.74, 6) is -0.643. The van der Waals surface area contributed by atoms with Crippen LogP contribution in [0.25, 0.3) is 10.1 Å². The van der Waals surface area contributed by atoms with Crippen LogP contribution in [0, 0.1) is 5.82 Å². The summed E-state index contributed by atoms with van der Waals surface area (Å²) < 4.78 is 24.0. The number of halogens is 2. The molecule has 0 fully saturated rings. The van der Waals surface area contributed by atoms with E-state index in [1.807, 2.05) is 0 Å². The highest BCUT2D eigenvalue weighted by atomic mass is 35.5. The fourth-order valence-corrected chi connectivity index (χ4v) is 2.74. The second-order valence-corrected chi connectivity index (χ2v) is 4.56. The molecule has 0 saturated heterocycles. The van der Waals surface area contributed by atoms with Crippen molar-refractivity contribution < 1.29 is 18.7 Å². The fourth-order valence-electron chi connectivity index (χ4n) is 1.47. The van der Waals surface area contributed by atoms with Crippen LogP contribution in [0.1, 0.15) is 6.92 Å². The molecule has 0 aliphatic heterocycles. The number of fused-ring (bicyclic) bond motifs is 1. The van der Waals surface area contributed by atoms with E-state index in [-0.39, 0.29) is 16.5 Å². The molecule has 0 saturated carbocycles. The van der Waals surface area contributed by atoms with Crippen molar-refractivity contribution in [2.75, 3.05) is 7.11 Å². The predicted octanol–water partition coefficient (Wildman–Crippen LogP) is 3.63. The molecule has 90 valence electrons. The lowest BCUT2D eigenvalue weighted by molar-refractivity contribution is -0.131. The maximum atomic E-state index is 13.9. The quantitative estimate of drug-likeness (QED) is 0.785. The fraction of sp³-hybridized carbons (Fsp3) is 0.182. The average molecular weight is 275 g/mol. The SMILES string of the molecule is COc1cc(Cl)c2c(OC(C)=O)csc2c1F. The summed E-state index contributed by atoms with van der Waals surface area (Å²) in [5, 5.41) is 2.22. The summed E-state index contributed by atoms with van der Waals surface area (Å²) in [6.07, 6.45) is 0. The zero-order chi connectivity index (χ0) is 12.6. The summed E-state index contributed by atoms with van der Waals surface area (Å²) in [5.41, 5.74) is 0. The molecule has 17 heavy (non-hydrogen) atoms. The van der Waals surface area contributed by atoms with Gasteiger partial charge in [-0.15, -0.1) is 11.3 Å². The van der Waals surface area contributed by atoms with Gasteiger partial charge in [-0.1, -0.05) is 11.6 Å². The van der Waals surface area contributed by atoms with Crippen LogP contribution in [-0.2, 0) is 4.79 Å². The summed E-state index contributed by atoms with van der Waals surface area (Å²) in [6, 6.07) is 1.36. The van der Waals surface area contributed by atoms with Crippen LogP contribution >= 0.6 is 22.9 Å². The first kappa shape index (κ1) is 12.1. The molecule has 1 aromatic heterocycles. The minimum Gasteiger partial charge on any atom is -0.494 e. The molecule has 0 atom stereocenters. The van der Waals surface area contributed by atoms with Crippen LogP contribution in [0.2, 0.25) is 5.02 Å². The third kappa shape index (κ3) is 2.08. The van der Waals surface area contributed by atoms with Crippen molar-refractivity contribution in [1.82, 2.24) is 0 Å². The third-order valence-corrected chi connectivity index (χ3v) is 3.39. The first-order valence-corrected chi connectivity index (χ1v) is 5.92. The highest BCUT2D eigenvalue weighted by Gasteiger charge is 2.18. The Hall–Kier alpha value is -1.33. The van der Waals surface area contributed by atoms with Gasteiger partial charge in [-0.05, 0) is 0 Å². The zero-order valence-corrected chi connectivity index (χ0v) is 10.6. The standard InChI is InChI=1S/C11H8ClFO3S/c1-5(14)16-8-4-17-11-9(8)6(12)3-7(15-2)10(11)13/h3-4H,1-2H3. The largest absolute Gasteiger partial charge is 0.494 e. The highest BCUT2D eigenvalue weighted by molar-refractivity contribution is 7.17. The Labute approximate surface area is 106 Å². The monoisotopic (exact) mass is 274 g/mol. The van der Waals surface area contributed by atoms with E-state index in [1.165, 1.54) is 20.1 Å². The van der Waals surface area contributed by atoms with Crippen LogP contribution in [0.3, 0.4) is 0 Å². The minimum absolute atomic E-state index is 0.0683. The first-order chi connectivity index (χ1) is 8.04. The summed E-state index contributed by atoms with van der Waals surface area (Å²) in [6.45, 7) is 1.28. The summed E-state index contributed by atoms with van der Waals surface area (Å²) in [7, 11) is 1.36. The molecule has 0 radical (unpaired) electrons. The Kier molecular flexibility index (Phi) is 3.22. The number of rotatable bonds is 2. The van der Waals surface area contributed by atoms with Gasteiger partial charge in [0.15, 0.2) is 17.3 Å². The number of esters is 1. The maximum absolute atomic E-state index is 13.9. The van der Waals surface area contributed by atoms with Crippen molar-refractivity contribution in [2.24, 2.45) is 0 Å². The molecule has 0 aliphatic carbocycles. The van der Waals surface area contributed by atoms with Gasteiger partial charge in [0.25, 0.3) is 0 Å². The van der Waals surface area contributed by atoms with Gasteiger partial charge < -0.3 is 9.47 Å². The van der Waals surface area contributed by atoms with E-state index in [2.05, 4.69) is 0 Å². The number of carbonyl (C=O) groups excluding carboxylic acids is 1. The summed E-state index contributed by atoms with van der Waals surface area (Å²) in [4.78, 5) is 10.9. The number of hydrogen-bond donors (Lipinski definition) is 0. The van der Waals surface area contributed by atoms with Gasteiger partial charge in [-0.25, -0.2) is 4.39 Å². The van der Waals surface area contributed by atoms with Gasteiger partial charge in [-0.2, -0.15) is 0 Å². The van der Waals surface area contributed by atoms with Gasteiger partial charge in [-0.3, -0.25) is 4.79 Å². The van der Waals surface area contributed by atoms with E-state index >= 15 is 0 Å². The molecule has 3 nitrogen and oxygen atoms in total. The van der Waals surface area contributed by atoms with E-state index < -0.39 is 11.8 Å². The van der Waals surface area contributed by atoms with Gasteiger partial charge in [0.2, 0.25) is 0 Å². The number of hydrogen-bond acceptors (Lipinski definition) is 4. The van der Waals surface area contributed by atoms with E-state index in [0.29, 0.717) is 10.1 Å². The van der Waals surface area contributed by atoms with Gasteiger partial charge in [0, 0.05) is 18.4 Å². The molecule has 1 aromatic carbocycles. The molecule has 0 bridgehead atoms. The molecule has 0 spiro atoms. The van der Waals surface area contributed by atoms with Crippen molar-refractivity contribution in [3.8, 4) is 11.5 Å². The van der Waals surface area contributed by atoms with Crippen LogP contribution in [0.15, 0.2) is 11.4 Å². The topological polar surface area (TPSA) is 35.5 Å². The lowest BCUT2D eigenvalue weighted by atomic mass is 10.2. The molecule has 0 unspecified atom stereocenters. The summed E-state index contributed by atoms with van der Waals surface area (Å²) >= 11 is 7.12. The van der Waals surface area contributed by atoms with Gasteiger partial charge in [0.05, 0.1) is 22.2 Å². The zero-order valence-electron chi connectivity index (χ0n) is 9.04. The molecular weight excluding hydrogens is 267 g/mol. The Morgan fingerprint density at radius 3 is 2.76 bits per heavy atom. The van der Waals surface area contributed by atoms with Crippen molar-refractivity contribution in [2.45, 2.75) is 6.92 Å². The van der Waals surface area contributed by atoms with Crippen LogP contribution in [0.4, 0.5) is 4.39 Å². The second-order valence-electron chi connectivity index (χ2n) is 3.27. The van der Waals surface area contributed by atoms with Gasteiger partial charge >= 0.3 is 5.97 Å². The Balaban J connectivity index is 2.69. The Morgan fingerprint density at radius 2 is 2.18 bits per heavy atom. The Morgan fingerprint density at radius 1 is 1.47 bits per heavy atom. The van der Waals surface area contributed by atoms with Crippen LogP contribution in [-0.4, -0.2) is 13.1 Å². The smallest absolute Gasteiger partial charge is 0.308 e. The normalized spacial score (nSPS) is 10.6. The van der Waals surface area contributed by atoms with Gasteiger partial charge in [0.1, 0.15) is 0 Å². The Bertz CT molecular complexity index is 594.